The molecule has 2 unspecified atom stereocenters. The van der Waals surface area contributed by atoms with Crippen molar-refractivity contribution in [2.45, 2.75) is 51.6 Å². The van der Waals surface area contributed by atoms with E-state index in [9.17, 15) is 4.79 Å². The summed E-state index contributed by atoms with van der Waals surface area (Å²) in [4.78, 5) is 21.9. The number of carbonyl (C=O) groups excluding carboxylic acids is 1. The lowest BCUT2D eigenvalue weighted by Gasteiger charge is -2.33. The van der Waals surface area contributed by atoms with E-state index in [1.807, 2.05) is 23.1 Å². The monoisotopic (exact) mass is 335 g/mol. The van der Waals surface area contributed by atoms with E-state index in [2.05, 4.69) is 43.0 Å². The van der Waals surface area contributed by atoms with E-state index >= 15 is 0 Å². The van der Waals surface area contributed by atoms with Gasteiger partial charge in [0.1, 0.15) is 11.5 Å². The maximum absolute atomic E-state index is 12.9. The Labute approximate surface area is 149 Å². The molecule has 1 aromatic heterocycles. The lowest BCUT2D eigenvalue weighted by atomic mass is 10.0. The van der Waals surface area contributed by atoms with Crippen LogP contribution in [-0.2, 0) is 6.42 Å². The second-order valence-electron chi connectivity index (χ2n) is 7.28. The van der Waals surface area contributed by atoms with E-state index in [1.54, 1.807) is 0 Å². The molecule has 0 radical (unpaired) electrons. The number of hydrogen-bond donors (Lipinski definition) is 0. The third kappa shape index (κ3) is 2.90. The van der Waals surface area contributed by atoms with Crippen molar-refractivity contribution in [2.24, 2.45) is 0 Å². The zero-order chi connectivity index (χ0) is 17.4. The van der Waals surface area contributed by atoms with Crippen LogP contribution in [0.3, 0.4) is 0 Å². The van der Waals surface area contributed by atoms with Crippen LogP contribution in [0.1, 0.15) is 49.2 Å². The minimum atomic E-state index is 0.0641. The molecule has 3 heterocycles. The molecule has 25 heavy (non-hydrogen) atoms. The largest absolute Gasteiger partial charge is 0.335 e. The molecule has 0 bridgehead atoms. The number of carbonyl (C=O) groups is 1. The molecule has 4 nitrogen and oxygen atoms in total. The number of pyridine rings is 1. The average Bonchev–Trinajstić information content (AvgIpc) is 2.97. The summed E-state index contributed by atoms with van der Waals surface area (Å²) >= 11 is 0. The number of hydrogen-bond acceptors (Lipinski definition) is 3. The number of benzene rings is 1. The van der Waals surface area contributed by atoms with Crippen LogP contribution < -0.4 is 4.90 Å². The molecule has 0 aliphatic carbocycles. The van der Waals surface area contributed by atoms with Gasteiger partial charge in [-0.3, -0.25) is 4.79 Å². The lowest BCUT2D eigenvalue weighted by molar-refractivity contribution is 0.0629. The van der Waals surface area contributed by atoms with Gasteiger partial charge in [0.15, 0.2) is 0 Å². The molecule has 2 aromatic rings. The topological polar surface area (TPSA) is 36.4 Å². The molecule has 0 saturated carbocycles. The van der Waals surface area contributed by atoms with Gasteiger partial charge in [-0.25, -0.2) is 4.98 Å². The molecule has 4 heteroatoms. The first-order valence-electron chi connectivity index (χ1n) is 9.30. The Bertz CT molecular complexity index is 788. The number of para-hydroxylation sites is 1. The van der Waals surface area contributed by atoms with Crippen LogP contribution >= 0.6 is 0 Å². The van der Waals surface area contributed by atoms with E-state index in [4.69, 9.17) is 4.98 Å². The van der Waals surface area contributed by atoms with Gasteiger partial charge < -0.3 is 9.80 Å². The lowest BCUT2D eigenvalue weighted by Crippen LogP contribution is -2.42. The predicted octanol–water partition coefficient (Wildman–Crippen LogP) is 4.18. The molecule has 1 aromatic carbocycles. The Morgan fingerprint density at radius 1 is 1.04 bits per heavy atom. The zero-order valence-electron chi connectivity index (χ0n) is 15.0. The zero-order valence-corrected chi connectivity index (χ0v) is 15.0. The quantitative estimate of drug-likeness (QED) is 0.826. The summed E-state index contributed by atoms with van der Waals surface area (Å²) in [5.41, 5.74) is 3.11. The van der Waals surface area contributed by atoms with E-state index in [0.29, 0.717) is 17.8 Å². The van der Waals surface area contributed by atoms with Crippen molar-refractivity contribution >= 4 is 17.4 Å². The molecule has 2 atom stereocenters. The fourth-order valence-corrected chi connectivity index (χ4v) is 4.14. The molecule has 0 spiro atoms. The summed E-state index contributed by atoms with van der Waals surface area (Å²) in [6.07, 6.45) is 4.40. The Kier molecular flexibility index (Phi) is 4.20. The van der Waals surface area contributed by atoms with Gasteiger partial charge >= 0.3 is 0 Å². The van der Waals surface area contributed by atoms with Crippen molar-refractivity contribution in [1.82, 2.24) is 9.88 Å². The van der Waals surface area contributed by atoms with Crippen LogP contribution in [0.2, 0.25) is 0 Å². The molecular formula is C21H25N3O. The molecule has 130 valence electrons. The van der Waals surface area contributed by atoms with Gasteiger partial charge in [-0.05, 0) is 63.3 Å². The fraction of sp³-hybridized carbons (Fsp3) is 0.429. The van der Waals surface area contributed by atoms with Gasteiger partial charge in [0.05, 0.1) is 0 Å². The highest BCUT2D eigenvalue weighted by Gasteiger charge is 2.29. The molecule has 2 aliphatic rings. The van der Waals surface area contributed by atoms with Crippen LogP contribution in [0.4, 0.5) is 11.5 Å². The van der Waals surface area contributed by atoms with E-state index < -0.39 is 0 Å². The third-order valence-corrected chi connectivity index (χ3v) is 5.47. The number of amides is 1. The van der Waals surface area contributed by atoms with Crippen LogP contribution in [0.25, 0.3) is 0 Å². The molecule has 2 aliphatic heterocycles. The van der Waals surface area contributed by atoms with Crippen LogP contribution in [0.5, 0.6) is 0 Å². The highest BCUT2D eigenvalue weighted by atomic mass is 16.2. The normalized spacial score (nSPS) is 22.8. The molecule has 1 saturated heterocycles. The molecular weight excluding hydrogens is 310 g/mol. The van der Waals surface area contributed by atoms with Crippen LogP contribution in [0.15, 0.2) is 42.5 Å². The first-order valence-corrected chi connectivity index (χ1v) is 9.30. The standard InChI is InChI=1S/C21H25N3O/c1-15-8-5-6-13-23(15)21(25)18-10-7-12-20(22-18)24-16(2)14-17-9-3-4-11-19(17)24/h3-4,7,9-12,15-16H,5-6,8,13-14H2,1-2H3. The van der Waals surface area contributed by atoms with Gasteiger partial charge in [-0.1, -0.05) is 24.3 Å². The van der Waals surface area contributed by atoms with Crippen LogP contribution in [0, 0.1) is 0 Å². The number of anilines is 2. The summed E-state index contributed by atoms with van der Waals surface area (Å²) in [6.45, 7) is 5.19. The highest BCUT2D eigenvalue weighted by molar-refractivity contribution is 5.93. The summed E-state index contributed by atoms with van der Waals surface area (Å²) in [5.74, 6) is 0.933. The second-order valence-corrected chi connectivity index (χ2v) is 7.28. The van der Waals surface area contributed by atoms with Crippen LogP contribution in [-0.4, -0.2) is 34.4 Å². The number of piperidine rings is 1. The smallest absolute Gasteiger partial charge is 0.272 e. The van der Waals surface area contributed by atoms with Gasteiger partial charge in [-0.2, -0.15) is 0 Å². The fourth-order valence-electron chi connectivity index (χ4n) is 4.14. The Hall–Kier alpha value is -2.36. The Balaban J connectivity index is 1.65. The van der Waals surface area contributed by atoms with E-state index in [1.165, 1.54) is 17.7 Å². The van der Waals surface area contributed by atoms with Crippen molar-refractivity contribution < 1.29 is 4.79 Å². The third-order valence-electron chi connectivity index (χ3n) is 5.47. The number of aromatic nitrogens is 1. The molecule has 0 N–H and O–H groups in total. The number of likely N-dealkylation sites (tertiary alicyclic amines) is 1. The summed E-state index contributed by atoms with van der Waals surface area (Å²) in [5, 5.41) is 0. The van der Waals surface area contributed by atoms with Crippen molar-refractivity contribution in [3.05, 3.63) is 53.7 Å². The van der Waals surface area contributed by atoms with E-state index in [-0.39, 0.29) is 5.91 Å². The SMILES string of the molecule is CC1CCCCN1C(=O)c1cccc(N2c3ccccc3CC2C)n1. The average molecular weight is 335 g/mol. The van der Waals surface area contributed by atoms with Crippen molar-refractivity contribution in [1.29, 1.82) is 0 Å². The maximum Gasteiger partial charge on any atom is 0.272 e. The van der Waals surface area contributed by atoms with Gasteiger partial charge in [0.2, 0.25) is 0 Å². The van der Waals surface area contributed by atoms with Crippen molar-refractivity contribution in [2.75, 3.05) is 11.4 Å². The molecule has 1 fully saturated rings. The van der Waals surface area contributed by atoms with Crippen molar-refractivity contribution in [3.8, 4) is 0 Å². The predicted molar refractivity (Wildman–Crippen MR) is 100 cm³/mol. The van der Waals surface area contributed by atoms with Gasteiger partial charge in [0, 0.05) is 24.3 Å². The highest BCUT2D eigenvalue weighted by Crippen LogP contribution is 2.37. The number of nitrogens with zero attached hydrogens (tertiary/aromatic N) is 3. The Morgan fingerprint density at radius 3 is 2.72 bits per heavy atom. The maximum atomic E-state index is 12.9. The molecule has 4 rings (SSSR count). The summed E-state index contributed by atoms with van der Waals surface area (Å²) in [6, 6.07) is 14.9. The second kappa shape index (κ2) is 6.51. The summed E-state index contributed by atoms with van der Waals surface area (Å²) in [7, 11) is 0. The summed E-state index contributed by atoms with van der Waals surface area (Å²) < 4.78 is 0. The number of rotatable bonds is 2. The minimum absolute atomic E-state index is 0.0641. The van der Waals surface area contributed by atoms with E-state index in [0.717, 1.165) is 31.6 Å². The number of fused-ring (bicyclic) bond motifs is 1. The van der Waals surface area contributed by atoms with Gasteiger partial charge in [0.25, 0.3) is 5.91 Å². The van der Waals surface area contributed by atoms with Crippen molar-refractivity contribution in [3.63, 3.8) is 0 Å². The Morgan fingerprint density at radius 2 is 1.88 bits per heavy atom. The minimum Gasteiger partial charge on any atom is -0.335 e. The first kappa shape index (κ1) is 16.1. The first-order chi connectivity index (χ1) is 12.1. The van der Waals surface area contributed by atoms with Gasteiger partial charge in [-0.15, -0.1) is 0 Å². The molecule has 1 amide bonds.